The van der Waals surface area contributed by atoms with Gasteiger partial charge in [0.2, 0.25) is 5.16 Å². The summed E-state index contributed by atoms with van der Waals surface area (Å²) in [6.45, 7) is 2.04. The fourth-order valence-electron chi connectivity index (χ4n) is 2.76. The van der Waals surface area contributed by atoms with Gasteiger partial charge in [-0.25, -0.2) is 8.42 Å². The molecule has 0 unspecified atom stereocenters. The Hall–Kier alpha value is -2.45. The third-order valence-electron chi connectivity index (χ3n) is 4.08. The summed E-state index contributed by atoms with van der Waals surface area (Å²) in [5.41, 5.74) is 3.62. The van der Waals surface area contributed by atoms with Crippen LogP contribution in [0.2, 0.25) is 0 Å². The van der Waals surface area contributed by atoms with E-state index in [0.29, 0.717) is 22.3 Å². The zero-order valence-electron chi connectivity index (χ0n) is 14.2. The number of rotatable bonds is 3. The number of hydrogen-bond donors (Lipinski definition) is 0. The largest absolute Gasteiger partial charge is 0.224 e. The van der Waals surface area contributed by atoms with Gasteiger partial charge in [0.25, 0.3) is 0 Å². The zero-order chi connectivity index (χ0) is 18.3. The maximum Gasteiger partial charge on any atom is 0.212 e. The Kier molecular flexibility index (Phi) is 4.16. The lowest BCUT2D eigenvalue weighted by atomic mass is 10.1. The molecular weight excluding hydrogens is 368 g/mol. The Balaban J connectivity index is 1.86. The van der Waals surface area contributed by atoms with Crippen LogP contribution >= 0.6 is 11.8 Å². The van der Waals surface area contributed by atoms with Crippen LogP contribution in [0.1, 0.15) is 11.1 Å². The van der Waals surface area contributed by atoms with Crippen LogP contribution in [0.3, 0.4) is 0 Å². The van der Waals surface area contributed by atoms with Crippen LogP contribution in [0.15, 0.2) is 63.7 Å². The van der Waals surface area contributed by atoms with Crippen molar-refractivity contribution < 1.29 is 8.42 Å². The van der Waals surface area contributed by atoms with Crippen molar-refractivity contribution in [1.29, 1.82) is 0 Å². The van der Waals surface area contributed by atoms with Gasteiger partial charge < -0.3 is 0 Å². The van der Waals surface area contributed by atoms with Crippen LogP contribution < -0.4 is 0 Å². The summed E-state index contributed by atoms with van der Waals surface area (Å²) in [5.74, 6) is 1.12. The van der Waals surface area contributed by atoms with E-state index in [0.717, 1.165) is 11.3 Å². The SMILES string of the molecule is Cc1ccc(C2=Nn3c(nnc3-c3ccccc3S(C)(=O)=O)SC2)cc1. The van der Waals surface area contributed by atoms with Crippen molar-refractivity contribution in [3.8, 4) is 11.4 Å². The van der Waals surface area contributed by atoms with E-state index in [4.69, 9.17) is 5.10 Å². The van der Waals surface area contributed by atoms with Gasteiger partial charge >= 0.3 is 0 Å². The maximum atomic E-state index is 12.1. The van der Waals surface area contributed by atoms with Crippen LogP contribution in [0.25, 0.3) is 11.4 Å². The number of aryl methyl sites for hydroxylation is 1. The highest BCUT2D eigenvalue weighted by molar-refractivity contribution is 7.99. The van der Waals surface area contributed by atoms with E-state index in [2.05, 4.69) is 10.2 Å². The summed E-state index contributed by atoms with van der Waals surface area (Å²) in [6, 6.07) is 15.0. The molecule has 2 aromatic carbocycles. The molecule has 0 saturated heterocycles. The highest BCUT2D eigenvalue weighted by Gasteiger charge is 2.24. The molecule has 3 aromatic rings. The zero-order valence-corrected chi connectivity index (χ0v) is 15.9. The quantitative estimate of drug-likeness (QED) is 0.694. The predicted octanol–water partition coefficient (Wildman–Crippen LogP) is 3.02. The first-order valence-electron chi connectivity index (χ1n) is 7.96. The van der Waals surface area contributed by atoms with E-state index in [-0.39, 0.29) is 4.90 Å². The topological polar surface area (TPSA) is 77.2 Å². The smallest absolute Gasteiger partial charge is 0.212 e. The first kappa shape index (κ1) is 17.0. The molecular formula is C18H16N4O2S2. The van der Waals surface area contributed by atoms with Crippen molar-refractivity contribution in [1.82, 2.24) is 14.9 Å². The third-order valence-corrected chi connectivity index (χ3v) is 6.17. The second-order valence-electron chi connectivity index (χ2n) is 6.09. The van der Waals surface area contributed by atoms with Gasteiger partial charge in [-0.3, -0.25) is 0 Å². The third kappa shape index (κ3) is 3.06. The van der Waals surface area contributed by atoms with Crippen LogP contribution in [-0.2, 0) is 9.84 Å². The molecule has 0 N–H and O–H groups in total. The molecule has 0 bridgehead atoms. The first-order chi connectivity index (χ1) is 12.4. The summed E-state index contributed by atoms with van der Waals surface area (Å²) in [7, 11) is -3.39. The van der Waals surface area contributed by atoms with E-state index in [1.54, 1.807) is 28.9 Å². The number of thioether (sulfide) groups is 1. The van der Waals surface area contributed by atoms with Crippen molar-refractivity contribution in [3.63, 3.8) is 0 Å². The van der Waals surface area contributed by atoms with Gasteiger partial charge in [-0.1, -0.05) is 53.7 Å². The van der Waals surface area contributed by atoms with Gasteiger partial charge in [-0.2, -0.15) is 9.78 Å². The minimum atomic E-state index is -3.39. The summed E-state index contributed by atoms with van der Waals surface area (Å²) in [5, 5.41) is 13.7. The van der Waals surface area contributed by atoms with Crippen LogP contribution in [-0.4, -0.2) is 41.0 Å². The minimum Gasteiger partial charge on any atom is -0.224 e. The highest BCUT2D eigenvalue weighted by atomic mass is 32.2. The van der Waals surface area contributed by atoms with E-state index in [9.17, 15) is 8.42 Å². The molecule has 0 saturated carbocycles. The Morgan fingerprint density at radius 3 is 2.50 bits per heavy atom. The molecule has 4 rings (SSSR count). The van der Waals surface area contributed by atoms with E-state index in [1.807, 2.05) is 31.2 Å². The molecule has 1 aromatic heterocycles. The van der Waals surface area contributed by atoms with Gasteiger partial charge in [0.1, 0.15) is 0 Å². The van der Waals surface area contributed by atoms with Crippen molar-refractivity contribution in [2.45, 2.75) is 17.0 Å². The van der Waals surface area contributed by atoms with Gasteiger partial charge in [0.05, 0.1) is 10.6 Å². The monoisotopic (exact) mass is 384 g/mol. The summed E-state index contributed by atoms with van der Waals surface area (Å²) < 4.78 is 25.9. The molecule has 0 radical (unpaired) electrons. The molecule has 26 heavy (non-hydrogen) atoms. The summed E-state index contributed by atoms with van der Waals surface area (Å²) in [4.78, 5) is 0.220. The minimum absolute atomic E-state index is 0.220. The van der Waals surface area contributed by atoms with Crippen LogP contribution in [0, 0.1) is 6.92 Å². The molecule has 1 aliphatic heterocycles. The van der Waals surface area contributed by atoms with Gasteiger partial charge in [-0.15, -0.1) is 10.2 Å². The van der Waals surface area contributed by atoms with E-state index >= 15 is 0 Å². The number of nitrogens with zero attached hydrogens (tertiary/aromatic N) is 4. The van der Waals surface area contributed by atoms with Gasteiger partial charge in [0.15, 0.2) is 15.7 Å². The van der Waals surface area contributed by atoms with Gasteiger partial charge in [0, 0.05) is 17.6 Å². The van der Waals surface area contributed by atoms with Crippen LogP contribution in [0.5, 0.6) is 0 Å². The number of fused-ring (bicyclic) bond motifs is 1. The second-order valence-corrected chi connectivity index (χ2v) is 9.01. The van der Waals surface area contributed by atoms with Crippen molar-refractivity contribution in [2.24, 2.45) is 5.10 Å². The Labute approximate surface area is 155 Å². The average Bonchev–Trinajstić information content (AvgIpc) is 3.04. The fourth-order valence-corrected chi connectivity index (χ4v) is 4.48. The molecule has 132 valence electrons. The number of aromatic nitrogens is 3. The lowest BCUT2D eigenvalue weighted by molar-refractivity contribution is 0.602. The molecule has 0 atom stereocenters. The second kappa shape index (κ2) is 6.37. The first-order valence-corrected chi connectivity index (χ1v) is 10.8. The summed E-state index contributed by atoms with van der Waals surface area (Å²) >= 11 is 1.53. The van der Waals surface area contributed by atoms with Crippen molar-refractivity contribution in [2.75, 3.05) is 12.0 Å². The van der Waals surface area contributed by atoms with E-state index in [1.165, 1.54) is 23.6 Å². The maximum absolute atomic E-state index is 12.1. The molecule has 0 fully saturated rings. The fraction of sp³-hybridized carbons (Fsp3) is 0.167. The molecule has 0 aliphatic carbocycles. The standard InChI is InChI=1S/C18H16N4O2S2/c1-12-7-9-13(10-8-12)15-11-25-18-20-19-17(22(18)21-15)14-5-3-4-6-16(14)26(2,23)24/h3-10H,11H2,1-2H3. The van der Waals surface area contributed by atoms with Gasteiger partial charge in [-0.05, 0) is 24.6 Å². The Morgan fingerprint density at radius 1 is 1.04 bits per heavy atom. The molecule has 0 amide bonds. The molecule has 2 heterocycles. The molecule has 6 nitrogen and oxygen atoms in total. The average molecular weight is 384 g/mol. The van der Waals surface area contributed by atoms with E-state index < -0.39 is 9.84 Å². The predicted molar refractivity (Wildman–Crippen MR) is 102 cm³/mol. The normalized spacial score (nSPS) is 14.0. The van der Waals surface area contributed by atoms with Crippen molar-refractivity contribution >= 4 is 27.3 Å². The molecule has 0 spiro atoms. The number of benzene rings is 2. The number of sulfone groups is 1. The highest BCUT2D eigenvalue weighted by Crippen LogP contribution is 2.31. The number of hydrogen-bond acceptors (Lipinski definition) is 6. The van der Waals surface area contributed by atoms with Crippen LogP contribution in [0.4, 0.5) is 0 Å². The Bertz CT molecular complexity index is 1120. The molecule has 8 heteroatoms. The van der Waals surface area contributed by atoms with Crippen molar-refractivity contribution in [3.05, 3.63) is 59.7 Å². The summed E-state index contributed by atoms with van der Waals surface area (Å²) in [6.07, 6.45) is 1.19. The Morgan fingerprint density at radius 2 is 1.77 bits per heavy atom. The lowest BCUT2D eigenvalue weighted by Crippen LogP contribution is -2.14. The lowest BCUT2D eigenvalue weighted by Gasteiger charge is -2.15. The molecule has 1 aliphatic rings.